The lowest BCUT2D eigenvalue weighted by molar-refractivity contribution is -0.0724. The van der Waals surface area contributed by atoms with Crippen LogP contribution in [0.4, 0.5) is 0 Å². The Morgan fingerprint density at radius 1 is 1.19 bits per heavy atom. The van der Waals surface area contributed by atoms with Crippen molar-refractivity contribution in [3.8, 4) is 0 Å². The van der Waals surface area contributed by atoms with E-state index in [1.807, 2.05) is 0 Å². The molecule has 2 nitrogen and oxygen atoms in total. The van der Waals surface area contributed by atoms with Gasteiger partial charge in [0.15, 0.2) is 0 Å². The molecule has 1 aliphatic rings. The van der Waals surface area contributed by atoms with Crippen molar-refractivity contribution in [3.63, 3.8) is 0 Å². The molecule has 0 radical (unpaired) electrons. The van der Waals surface area contributed by atoms with E-state index in [1.54, 1.807) is 0 Å². The standard InChI is InChI=1S/C19H31NO/c1-2-7-17-11-13-19(16-20,14-12-17)21-15-6-10-18-8-4-3-5-9-18/h3-5,8-9,17H,2,6-7,10-16,20H2,1H3. The van der Waals surface area contributed by atoms with E-state index in [9.17, 15) is 0 Å². The lowest BCUT2D eigenvalue weighted by Crippen LogP contribution is -2.44. The maximum absolute atomic E-state index is 6.24. The minimum Gasteiger partial charge on any atom is -0.374 e. The predicted molar refractivity (Wildman–Crippen MR) is 89.4 cm³/mol. The molecule has 0 amide bonds. The van der Waals surface area contributed by atoms with Crippen LogP contribution in [0.5, 0.6) is 0 Å². The Morgan fingerprint density at radius 2 is 1.90 bits per heavy atom. The van der Waals surface area contributed by atoms with Crippen molar-refractivity contribution in [3.05, 3.63) is 35.9 Å². The maximum Gasteiger partial charge on any atom is 0.0804 e. The fourth-order valence-corrected chi connectivity index (χ4v) is 3.52. The second-order valence-electron chi connectivity index (χ2n) is 6.56. The van der Waals surface area contributed by atoms with Crippen LogP contribution in [0.2, 0.25) is 0 Å². The van der Waals surface area contributed by atoms with E-state index in [0.717, 1.165) is 38.2 Å². The maximum atomic E-state index is 6.24. The van der Waals surface area contributed by atoms with Crippen LogP contribution >= 0.6 is 0 Å². The van der Waals surface area contributed by atoms with Gasteiger partial charge in [0.25, 0.3) is 0 Å². The molecule has 1 aromatic carbocycles. The smallest absolute Gasteiger partial charge is 0.0804 e. The monoisotopic (exact) mass is 289 g/mol. The second kappa shape index (κ2) is 8.55. The summed E-state index contributed by atoms with van der Waals surface area (Å²) in [4.78, 5) is 0. The lowest BCUT2D eigenvalue weighted by Gasteiger charge is -2.39. The molecule has 0 saturated heterocycles. The molecule has 0 bridgehead atoms. The van der Waals surface area contributed by atoms with E-state index < -0.39 is 0 Å². The van der Waals surface area contributed by atoms with Crippen LogP contribution in [0.3, 0.4) is 0 Å². The molecule has 0 atom stereocenters. The Morgan fingerprint density at radius 3 is 2.52 bits per heavy atom. The van der Waals surface area contributed by atoms with Crippen LogP contribution in [0.25, 0.3) is 0 Å². The molecule has 0 heterocycles. The van der Waals surface area contributed by atoms with Crippen molar-refractivity contribution in [2.45, 2.75) is 63.9 Å². The van der Waals surface area contributed by atoms with Crippen molar-refractivity contribution in [2.24, 2.45) is 11.7 Å². The summed E-state index contributed by atoms with van der Waals surface area (Å²) in [5.74, 6) is 0.905. The summed E-state index contributed by atoms with van der Waals surface area (Å²) in [6, 6.07) is 10.7. The zero-order valence-electron chi connectivity index (χ0n) is 13.5. The highest BCUT2D eigenvalue weighted by molar-refractivity contribution is 5.14. The van der Waals surface area contributed by atoms with Crippen molar-refractivity contribution in [2.75, 3.05) is 13.2 Å². The van der Waals surface area contributed by atoms with Crippen LogP contribution in [0.15, 0.2) is 30.3 Å². The third-order valence-electron chi connectivity index (χ3n) is 4.95. The fraction of sp³-hybridized carbons (Fsp3) is 0.684. The molecule has 118 valence electrons. The van der Waals surface area contributed by atoms with Gasteiger partial charge >= 0.3 is 0 Å². The number of hydrogen-bond acceptors (Lipinski definition) is 2. The van der Waals surface area contributed by atoms with E-state index in [2.05, 4.69) is 37.3 Å². The van der Waals surface area contributed by atoms with Gasteiger partial charge in [-0.3, -0.25) is 0 Å². The molecular weight excluding hydrogens is 258 g/mol. The Labute approximate surface area is 130 Å². The molecule has 0 unspecified atom stereocenters. The predicted octanol–water partition coefficient (Wildman–Crippen LogP) is 4.32. The zero-order valence-corrected chi connectivity index (χ0v) is 13.5. The number of nitrogens with two attached hydrogens (primary N) is 1. The van der Waals surface area contributed by atoms with E-state index >= 15 is 0 Å². The second-order valence-corrected chi connectivity index (χ2v) is 6.56. The third kappa shape index (κ3) is 5.12. The van der Waals surface area contributed by atoms with Gasteiger partial charge < -0.3 is 10.5 Å². The summed E-state index contributed by atoms with van der Waals surface area (Å²) in [6.07, 6.45) is 9.75. The molecule has 1 saturated carbocycles. The Bertz CT molecular complexity index is 382. The minimum atomic E-state index is -0.0269. The van der Waals surface area contributed by atoms with Gasteiger partial charge in [-0.05, 0) is 50.0 Å². The molecule has 0 aromatic heterocycles. The highest BCUT2D eigenvalue weighted by atomic mass is 16.5. The Kier molecular flexibility index (Phi) is 6.72. The average molecular weight is 289 g/mol. The van der Waals surface area contributed by atoms with E-state index in [0.29, 0.717) is 6.54 Å². The third-order valence-corrected chi connectivity index (χ3v) is 4.95. The van der Waals surface area contributed by atoms with Crippen LogP contribution in [-0.2, 0) is 11.2 Å². The minimum absolute atomic E-state index is 0.0269. The van der Waals surface area contributed by atoms with Gasteiger partial charge in [-0.15, -0.1) is 0 Å². The average Bonchev–Trinajstić information content (AvgIpc) is 2.55. The lowest BCUT2D eigenvalue weighted by atomic mass is 9.77. The molecule has 2 N–H and O–H groups in total. The van der Waals surface area contributed by atoms with Gasteiger partial charge in [-0.2, -0.15) is 0 Å². The molecule has 2 rings (SSSR count). The number of hydrogen-bond donors (Lipinski definition) is 1. The summed E-state index contributed by atoms with van der Waals surface area (Å²) < 4.78 is 6.24. The summed E-state index contributed by atoms with van der Waals surface area (Å²) in [5.41, 5.74) is 7.40. The molecule has 1 fully saturated rings. The van der Waals surface area contributed by atoms with Gasteiger partial charge in [0.2, 0.25) is 0 Å². The summed E-state index contributed by atoms with van der Waals surface area (Å²) in [7, 11) is 0. The molecule has 1 aromatic rings. The number of rotatable bonds is 8. The van der Waals surface area contributed by atoms with Crippen molar-refractivity contribution in [1.29, 1.82) is 0 Å². The topological polar surface area (TPSA) is 35.2 Å². The van der Waals surface area contributed by atoms with Crippen LogP contribution < -0.4 is 5.73 Å². The summed E-state index contributed by atoms with van der Waals surface area (Å²) >= 11 is 0. The first-order chi connectivity index (χ1) is 10.3. The fourth-order valence-electron chi connectivity index (χ4n) is 3.52. The van der Waals surface area contributed by atoms with E-state index in [4.69, 9.17) is 10.5 Å². The molecule has 21 heavy (non-hydrogen) atoms. The highest BCUT2D eigenvalue weighted by Gasteiger charge is 2.34. The van der Waals surface area contributed by atoms with Crippen molar-refractivity contribution >= 4 is 0 Å². The van der Waals surface area contributed by atoms with E-state index in [1.165, 1.54) is 31.2 Å². The van der Waals surface area contributed by atoms with Crippen LogP contribution in [0, 0.1) is 5.92 Å². The first-order valence-electron chi connectivity index (χ1n) is 8.66. The Balaban J connectivity index is 1.70. The van der Waals surface area contributed by atoms with Gasteiger partial charge in [-0.25, -0.2) is 0 Å². The number of benzene rings is 1. The zero-order chi connectivity index (χ0) is 15.0. The summed E-state index contributed by atoms with van der Waals surface area (Å²) in [5, 5.41) is 0. The van der Waals surface area contributed by atoms with Crippen LogP contribution in [-0.4, -0.2) is 18.8 Å². The largest absolute Gasteiger partial charge is 0.374 e. The first kappa shape index (κ1) is 16.5. The van der Waals surface area contributed by atoms with E-state index in [-0.39, 0.29) is 5.60 Å². The normalized spacial score (nSPS) is 25.9. The SMILES string of the molecule is CCCC1CCC(CN)(OCCCc2ccccc2)CC1. The van der Waals surface area contributed by atoms with Gasteiger partial charge in [0.1, 0.15) is 0 Å². The Hall–Kier alpha value is -0.860. The molecule has 0 aliphatic heterocycles. The summed E-state index contributed by atoms with van der Waals surface area (Å²) in [6.45, 7) is 3.80. The van der Waals surface area contributed by atoms with Crippen molar-refractivity contribution < 1.29 is 4.74 Å². The highest BCUT2D eigenvalue weighted by Crippen LogP contribution is 2.36. The van der Waals surface area contributed by atoms with Crippen LogP contribution in [0.1, 0.15) is 57.4 Å². The molecule has 1 aliphatic carbocycles. The van der Waals surface area contributed by atoms with Gasteiger partial charge in [0, 0.05) is 13.2 Å². The number of aryl methyl sites for hydroxylation is 1. The quantitative estimate of drug-likeness (QED) is 0.723. The molecule has 2 heteroatoms. The number of ether oxygens (including phenoxy) is 1. The molecule has 0 spiro atoms. The van der Waals surface area contributed by atoms with Gasteiger partial charge in [-0.1, -0.05) is 50.1 Å². The first-order valence-corrected chi connectivity index (χ1v) is 8.66. The van der Waals surface area contributed by atoms with Gasteiger partial charge in [0.05, 0.1) is 5.60 Å². The molecular formula is C19H31NO. The van der Waals surface area contributed by atoms with Crippen molar-refractivity contribution in [1.82, 2.24) is 0 Å².